The highest BCUT2D eigenvalue weighted by molar-refractivity contribution is 6.32. The number of nitrogens with zero attached hydrogens (tertiary/aromatic N) is 5. The molecule has 1 heterocycles. The number of aromatic nitrogens is 2. The van der Waals surface area contributed by atoms with Crippen molar-refractivity contribution in [3.05, 3.63) is 32.0 Å². The summed E-state index contributed by atoms with van der Waals surface area (Å²) in [6.07, 6.45) is 1.09. The van der Waals surface area contributed by atoms with Crippen molar-refractivity contribution in [3.8, 4) is 0 Å². The van der Waals surface area contributed by atoms with Gasteiger partial charge in [-0.25, -0.2) is 4.68 Å². The molecule has 0 aliphatic heterocycles. The first-order valence-electron chi connectivity index (χ1n) is 3.97. The van der Waals surface area contributed by atoms with Crippen molar-refractivity contribution in [2.45, 2.75) is 6.54 Å². The van der Waals surface area contributed by atoms with Gasteiger partial charge in [-0.2, -0.15) is 5.10 Å². The maximum Gasteiger partial charge on any atom is 0.327 e. The van der Waals surface area contributed by atoms with Crippen LogP contribution in [0.5, 0.6) is 0 Å². The van der Waals surface area contributed by atoms with Gasteiger partial charge in [-0.15, -0.1) is 0 Å². The Bertz CT molecular complexity index is 519. The van der Waals surface area contributed by atoms with Crippen molar-refractivity contribution in [1.29, 1.82) is 0 Å². The van der Waals surface area contributed by atoms with Crippen molar-refractivity contribution in [2.75, 3.05) is 7.11 Å². The van der Waals surface area contributed by atoms with E-state index >= 15 is 0 Å². The summed E-state index contributed by atoms with van der Waals surface area (Å²) in [6, 6.07) is 0. The van der Waals surface area contributed by atoms with E-state index in [1.54, 1.807) is 0 Å². The van der Waals surface area contributed by atoms with Crippen molar-refractivity contribution < 1.29 is 9.53 Å². The Morgan fingerprint density at radius 1 is 1.81 bits per heavy atom. The molecule has 8 nitrogen and oxygen atoms in total. The molecule has 0 aliphatic rings. The number of rotatable bonds is 3. The number of esters is 1. The van der Waals surface area contributed by atoms with E-state index in [0.717, 1.165) is 10.9 Å². The SMILES string of the molecule is COC(=O)Cn1ncc(N=[N+]=[N-])c(Cl)c1=O. The topological polar surface area (TPSA) is 110 Å². The monoisotopic (exact) mass is 243 g/mol. The van der Waals surface area contributed by atoms with Crippen molar-refractivity contribution in [3.63, 3.8) is 0 Å². The lowest BCUT2D eigenvalue weighted by Gasteiger charge is -2.03. The van der Waals surface area contributed by atoms with Crippen LogP contribution in [0.1, 0.15) is 0 Å². The van der Waals surface area contributed by atoms with Crippen LogP contribution in [0.4, 0.5) is 5.69 Å². The summed E-state index contributed by atoms with van der Waals surface area (Å²) < 4.78 is 5.17. The van der Waals surface area contributed by atoms with E-state index in [-0.39, 0.29) is 17.3 Å². The molecule has 1 aromatic heterocycles. The van der Waals surface area contributed by atoms with E-state index in [0.29, 0.717) is 0 Å². The second-order valence-corrected chi connectivity index (χ2v) is 2.95. The molecule has 0 saturated carbocycles. The molecule has 0 N–H and O–H groups in total. The molecule has 0 bridgehead atoms. The zero-order valence-electron chi connectivity index (χ0n) is 8.12. The van der Waals surface area contributed by atoms with Gasteiger partial charge < -0.3 is 4.74 Å². The molecule has 1 aromatic rings. The summed E-state index contributed by atoms with van der Waals surface area (Å²) in [6.45, 7) is -0.356. The minimum absolute atomic E-state index is 0.0877. The quantitative estimate of drug-likeness (QED) is 0.341. The fourth-order valence-corrected chi connectivity index (χ4v) is 1.06. The third-order valence-electron chi connectivity index (χ3n) is 1.63. The maximum absolute atomic E-state index is 11.5. The van der Waals surface area contributed by atoms with Crippen molar-refractivity contribution >= 4 is 23.3 Å². The third kappa shape index (κ3) is 2.50. The Balaban J connectivity index is 3.17. The Labute approximate surface area is 94.0 Å². The number of methoxy groups -OCH3 is 1. The summed E-state index contributed by atoms with van der Waals surface area (Å²) in [5.41, 5.74) is 7.36. The Hall–Kier alpha value is -2.05. The van der Waals surface area contributed by atoms with Crippen LogP contribution in [0.25, 0.3) is 10.4 Å². The van der Waals surface area contributed by atoms with Crippen LogP contribution < -0.4 is 5.56 Å². The van der Waals surface area contributed by atoms with Crippen molar-refractivity contribution in [2.24, 2.45) is 5.11 Å². The predicted molar refractivity (Wildman–Crippen MR) is 54.3 cm³/mol. The molecule has 0 aromatic carbocycles. The van der Waals surface area contributed by atoms with Gasteiger partial charge >= 0.3 is 5.97 Å². The molecule has 9 heteroatoms. The average Bonchev–Trinajstić information content (AvgIpc) is 2.28. The standard InChI is InChI=1S/C7H6ClN5O3/c1-16-5(14)3-13-7(15)6(8)4(2-10-13)11-12-9/h2H,3H2,1H3. The minimum Gasteiger partial charge on any atom is -0.468 e. The summed E-state index contributed by atoms with van der Waals surface area (Å²) in [5.74, 6) is -0.637. The van der Waals surface area contributed by atoms with Crippen LogP contribution in [0.3, 0.4) is 0 Å². The lowest BCUT2D eigenvalue weighted by atomic mass is 10.5. The lowest BCUT2D eigenvalue weighted by Crippen LogP contribution is -2.27. The van der Waals surface area contributed by atoms with Gasteiger partial charge in [-0.05, 0) is 5.53 Å². The first-order valence-corrected chi connectivity index (χ1v) is 4.35. The highest BCUT2D eigenvalue weighted by Gasteiger charge is 2.10. The molecular formula is C7H6ClN5O3. The van der Waals surface area contributed by atoms with E-state index in [9.17, 15) is 9.59 Å². The first kappa shape index (κ1) is 12.0. The van der Waals surface area contributed by atoms with Crippen LogP contribution in [0.2, 0.25) is 5.02 Å². The van der Waals surface area contributed by atoms with Crippen LogP contribution in [0.15, 0.2) is 16.1 Å². The van der Waals surface area contributed by atoms with E-state index in [2.05, 4.69) is 19.9 Å². The average molecular weight is 244 g/mol. The Morgan fingerprint density at radius 2 is 2.50 bits per heavy atom. The molecule has 0 fully saturated rings. The molecule has 84 valence electrons. The van der Waals surface area contributed by atoms with E-state index in [4.69, 9.17) is 17.1 Å². The number of halogens is 1. The Morgan fingerprint density at radius 3 is 3.06 bits per heavy atom. The molecule has 0 spiro atoms. The van der Waals surface area contributed by atoms with Gasteiger partial charge in [0.1, 0.15) is 11.6 Å². The second kappa shape index (κ2) is 5.15. The second-order valence-electron chi connectivity index (χ2n) is 2.57. The van der Waals surface area contributed by atoms with Gasteiger partial charge in [0.2, 0.25) is 0 Å². The third-order valence-corrected chi connectivity index (χ3v) is 1.98. The summed E-state index contributed by atoms with van der Waals surface area (Å²) in [5, 5.41) is 6.47. The molecule has 16 heavy (non-hydrogen) atoms. The largest absolute Gasteiger partial charge is 0.468 e. The van der Waals surface area contributed by atoms with Crippen LogP contribution in [-0.2, 0) is 16.1 Å². The van der Waals surface area contributed by atoms with E-state index in [1.807, 2.05) is 0 Å². The van der Waals surface area contributed by atoms with Gasteiger partial charge in [-0.3, -0.25) is 9.59 Å². The molecule has 0 radical (unpaired) electrons. The molecular weight excluding hydrogens is 238 g/mol. The molecule has 0 unspecified atom stereocenters. The predicted octanol–water partition coefficient (Wildman–Crippen LogP) is 1.01. The van der Waals surface area contributed by atoms with Gasteiger partial charge in [0, 0.05) is 4.91 Å². The van der Waals surface area contributed by atoms with Gasteiger partial charge in [0.05, 0.1) is 19.0 Å². The zero-order chi connectivity index (χ0) is 12.1. The van der Waals surface area contributed by atoms with Crippen LogP contribution in [0, 0.1) is 0 Å². The first-order chi connectivity index (χ1) is 7.60. The van der Waals surface area contributed by atoms with E-state index < -0.39 is 11.5 Å². The molecule has 1 rings (SSSR count). The summed E-state index contributed by atoms with van der Waals surface area (Å²) in [4.78, 5) is 24.9. The number of carbonyl (C=O) groups is 1. The van der Waals surface area contributed by atoms with Crippen molar-refractivity contribution in [1.82, 2.24) is 9.78 Å². The number of hydrogen-bond acceptors (Lipinski definition) is 5. The molecule has 0 atom stereocenters. The highest BCUT2D eigenvalue weighted by atomic mass is 35.5. The molecule has 0 aliphatic carbocycles. The van der Waals surface area contributed by atoms with Crippen LogP contribution in [-0.4, -0.2) is 22.9 Å². The lowest BCUT2D eigenvalue weighted by molar-refractivity contribution is -0.141. The summed E-state index contributed by atoms with van der Waals surface area (Å²) >= 11 is 5.61. The molecule has 0 amide bonds. The molecule has 0 saturated heterocycles. The van der Waals surface area contributed by atoms with Gasteiger partial charge in [0.25, 0.3) is 5.56 Å². The fraction of sp³-hybridized carbons (Fsp3) is 0.286. The smallest absolute Gasteiger partial charge is 0.327 e. The highest BCUT2D eigenvalue weighted by Crippen LogP contribution is 2.18. The number of azide groups is 1. The number of hydrogen-bond donors (Lipinski definition) is 0. The maximum atomic E-state index is 11.5. The van der Waals surface area contributed by atoms with E-state index in [1.165, 1.54) is 7.11 Å². The van der Waals surface area contributed by atoms with Crippen LogP contribution >= 0.6 is 11.6 Å². The van der Waals surface area contributed by atoms with Gasteiger partial charge in [0.15, 0.2) is 0 Å². The Kier molecular flexibility index (Phi) is 3.87. The minimum atomic E-state index is -0.725. The zero-order valence-corrected chi connectivity index (χ0v) is 8.88. The van der Waals surface area contributed by atoms with Gasteiger partial charge in [-0.1, -0.05) is 16.7 Å². The summed E-state index contributed by atoms with van der Waals surface area (Å²) in [7, 11) is 1.18. The number of ether oxygens (including phenoxy) is 1. The fourth-order valence-electron chi connectivity index (χ4n) is 0.874. The normalized spacial score (nSPS) is 9.38. The number of carbonyl (C=O) groups excluding carboxylic acids is 1.